The lowest BCUT2D eigenvalue weighted by molar-refractivity contribution is -0.124. The van der Waals surface area contributed by atoms with Gasteiger partial charge in [-0.25, -0.2) is 0 Å². The Kier molecular flexibility index (Phi) is 14.7. The maximum Gasteiger partial charge on any atom is 0.275 e. The van der Waals surface area contributed by atoms with Crippen LogP contribution in [0.25, 0.3) is 10.9 Å². The Morgan fingerprint density at radius 2 is 1.36 bits per heavy atom. The van der Waals surface area contributed by atoms with E-state index in [1.807, 2.05) is 10.6 Å². The molecular formula is C45H68N6O5. The van der Waals surface area contributed by atoms with Crippen LogP contribution in [0.1, 0.15) is 117 Å². The third-order valence-corrected chi connectivity index (χ3v) is 13.4. The van der Waals surface area contributed by atoms with Crippen molar-refractivity contribution in [1.29, 1.82) is 0 Å². The van der Waals surface area contributed by atoms with Crippen LogP contribution in [0.15, 0.2) is 34.0 Å². The molecule has 6 unspecified atom stereocenters. The molecule has 3 saturated heterocycles. The van der Waals surface area contributed by atoms with Crippen LogP contribution in [0.5, 0.6) is 0 Å². The fraction of sp³-hybridized carbons (Fsp3) is 0.667. The molecule has 0 saturated carbocycles. The van der Waals surface area contributed by atoms with Crippen molar-refractivity contribution in [1.82, 2.24) is 24.3 Å². The number of aromatic amines is 1. The number of carbonyl (C=O) groups is 3. The molecule has 9 heterocycles. The quantitative estimate of drug-likeness (QED) is 0.282. The van der Waals surface area contributed by atoms with E-state index in [0.717, 1.165) is 117 Å². The Labute approximate surface area is 333 Å². The first-order chi connectivity index (χ1) is 26.1. The second-order valence-corrected chi connectivity index (χ2v) is 16.9. The van der Waals surface area contributed by atoms with Gasteiger partial charge in [-0.2, -0.15) is 0 Å². The summed E-state index contributed by atoms with van der Waals surface area (Å²) in [6, 6.07) is 7.56. The second-order valence-electron chi connectivity index (χ2n) is 16.9. The lowest BCUT2D eigenvalue weighted by Gasteiger charge is -2.49. The molecule has 6 aliphatic heterocycles. The zero-order valence-electron chi connectivity index (χ0n) is 32.6. The first-order valence-corrected chi connectivity index (χ1v) is 20.8. The number of rotatable bonds is 3. The van der Waals surface area contributed by atoms with Gasteiger partial charge in [-0.1, -0.05) is 14.9 Å². The average Bonchev–Trinajstić information content (AvgIpc) is 3.38. The summed E-state index contributed by atoms with van der Waals surface area (Å²) in [6.07, 6.45) is 15.6. The monoisotopic (exact) mass is 773 g/mol. The number of H-pyrrole nitrogens is 1. The van der Waals surface area contributed by atoms with Crippen LogP contribution in [0.3, 0.4) is 0 Å². The largest absolute Gasteiger partial charge is 0.380 e. The molecular weight excluding hydrogens is 705 g/mol. The van der Waals surface area contributed by atoms with E-state index in [1.165, 1.54) is 32.4 Å². The molecule has 56 heavy (non-hydrogen) atoms. The highest BCUT2D eigenvalue weighted by atomic mass is 16.1. The molecule has 308 valence electrons. The predicted molar refractivity (Wildman–Crippen MR) is 226 cm³/mol. The molecule has 11 heteroatoms. The smallest absolute Gasteiger partial charge is 0.275 e. The number of hydrogen-bond donors (Lipinski definition) is 3. The van der Waals surface area contributed by atoms with Crippen molar-refractivity contribution in [2.45, 2.75) is 144 Å². The van der Waals surface area contributed by atoms with Gasteiger partial charge in [0, 0.05) is 79.0 Å². The topological polar surface area (TPSA) is 138 Å². The standard InChI is InChI=1S/C15H20N2O2.C14H16N2O2.C14H24N2O.2CH4/c1-10(18)12-4-2-6-13-8-11-5-3-7-16-14(11)15(19)17(13)9-12;1-9(17)11-3-2-4-12-7-10-5-6-15-13(10)14(18)16(12)8-11;1-10(17)11-4-6-16-9-12-3-2-5-15-14(12)8-13(16)7-11;;/h8,12,16H,2-7,9H2,1H3;5-7,11,15H,2-4,8H2,1H3;11-15H,2-9H2,1H3;2*1H4. The van der Waals surface area contributed by atoms with Crippen molar-refractivity contribution < 1.29 is 14.4 Å². The van der Waals surface area contributed by atoms with Crippen LogP contribution in [0, 0.1) is 23.7 Å². The molecule has 6 aliphatic rings. The Balaban J connectivity index is 0.000000158. The summed E-state index contributed by atoms with van der Waals surface area (Å²) >= 11 is 0. The number of aromatic nitrogens is 3. The molecule has 0 amide bonds. The summed E-state index contributed by atoms with van der Waals surface area (Å²) in [4.78, 5) is 65.3. The highest BCUT2D eigenvalue weighted by Gasteiger charge is 2.40. The molecule has 0 radical (unpaired) electrons. The number of Topliss-reactive ketones (excluding diaryl/α,β-unsaturated/α-hetero) is 3. The zero-order chi connectivity index (χ0) is 37.9. The SMILES string of the molecule is C.C.CC(=O)C1CCCc2cc3c(c(=O)n2C1)NCCC3.CC(=O)C1CCCc2cc3cc[nH]c3c(=O)n2C1.CC(=O)C1CCN2CC3CCCNC3CC2C1. The maximum absolute atomic E-state index is 12.6. The van der Waals surface area contributed by atoms with Gasteiger partial charge < -0.3 is 24.8 Å². The summed E-state index contributed by atoms with van der Waals surface area (Å²) in [5, 5.41) is 7.88. The minimum atomic E-state index is -0.0173. The van der Waals surface area contributed by atoms with Crippen molar-refractivity contribution >= 4 is 33.9 Å². The first kappa shape index (κ1) is 43.3. The van der Waals surface area contributed by atoms with Crippen molar-refractivity contribution in [2.75, 3.05) is 31.5 Å². The Bertz CT molecular complexity index is 1980. The van der Waals surface area contributed by atoms with Crippen LogP contribution in [-0.4, -0.2) is 74.6 Å². The van der Waals surface area contributed by atoms with Crippen LogP contribution in [0.2, 0.25) is 0 Å². The number of fused-ring (bicyclic) bond motifs is 6. The van der Waals surface area contributed by atoms with Gasteiger partial charge in [0.1, 0.15) is 28.6 Å². The number of piperidine rings is 3. The number of hydrogen-bond acceptors (Lipinski definition) is 8. The number of nitrogens with zero attached hydrogens (tertiary/aromatic N) is 3. The summed E-state index contributed by atoms with van der Waals surface area (Å²) in [7, 11) is 0. The van der Waals surface area contributed by atoms with E-state index in [0.29, 0.717) is 36.3 Å². The third kappa shape index (κ3) is 9.47. The molecule has 3 N–H and O–H groups in total. The lowest BCUT2D eigenvalue weighted by Crippen LogP contribution is -2.58. The van der Waals surface area contributed by atoms with Crippen molar-refractivity contribution in [3.05, 3.63) is 62.1 Å². The van der Waals surface area contributed by atoms with Crippen LogP contribution < -0.4 is 21.8 Å². The van der Waals surface area contributed by atoms with E-state index in [2.05, 4.69) is 32.7 Å². The molecule has 0 spiro atoms. The Morgan fingerprint density at radius 3 is 2.04 bits per heavy atom. The van der Waals surface area contributed by atoms with Gasteiger partial charge in [0.15, 0.2) is 0 Å². The molecule has 0 aromatic carbocycles. The lowest BCUT2D eigenvalue weighted by atomic mass is 9.76. The Morgan fingerprint density at radius 1 is 0.696 bits per heavy atom. The third-order valence-electron chi connectivity index (χ3n) is 13.4. The normalized spacial score (nSPS) is 26.6. The summed E-state index contributed by atoms with van der Waals surface area (Å²) in [6.45, 7) is 10.6. The summed E-state index contributed by atoms with van der Waals surface area (Å²) < 4.78 is 3.61. The molecule has 9 rings (SSSR count). The van der Waals surface area contributed by atoms with Gasteiger partial charge in [-0.05, 0) is 147 Å². The van der Waals surface area contributed by atoms with Crippen molar-refractivity contribution in [3.63, 3.8) is 0 Å². The Hall–Kier alpha value is -3.83. The van der Waals surface area contributed by atoms with E-state index in [4.69, 9.17) is 0 Å². The van der Waals surface area contributed by atoms with Gasteiger partial charge in [-0.15, -0.1) is 0 Å². The van der Waals surface area contributed by atoms with Gasteiger partial charge >= 0.3 is 0 Å². The van der Waals surface area contributed by atoms with Crippen LogP contribution in [-0.2, 0) is 46.7 Å². The fourth-order valence-electron chi connectivity index (χ4n) is 10.1. The highest BCUT2D eigenvalue weighted by molar-refractivity contribution is 5.80. The fourth-order valence-corrected chi connectivity index (χ4v) is 10.1. The van der Waals surface area contributed by atoms with E-state index in [1.54, 1.807) is 31.5 Å². The number of carbonyl (C=O) groups excluding carboxylic acids is 3. The highest BCUT2D eigenvalue weighted by Crippen LogP contribution is 2.35. The number of pyridine rings is 2. The number of aryl methyl sites for hydroxylation is 3. The van der Waals surface area contributed by atoms with Crippen molar-refractivity contribution in [3.8, 4) is 0 Å². The molecule has 3 fully saturated rings. The summed E-state index contributed by atoms with van der Waals surface area (Å²) in [5.41, 5.74) is 4.79. The maximum atomic E-state index is 12.6. The van der Waals surface area contributed by atoms with E-state index < -0.39 is 0 Å². The molecule has 3 aromatic rings. The minimum Gasteiger partial charge on any atom is -0.380 e. The van der Waals surface area contributed by atoms with E-state index in [9.17, 15) is 24.0 Å². The van der Waals surface area contributed by atoms with Gasteiger partial charge in [0.2, 0.25) is 0 Å². The number of nitrogens with one attached hydrogen (secondary N) is 3. The molecule has 6 atom stereocenters. The average molecular weight is 773 g/mol. The minimum absolute atomic E-state index is 0. The van der Waals surface area contributed by atoms with Crippen molar-refractivity contribution in [2.24, 2.45) is 23.7 Å². The van der Waals surface area contributed by atoms with Crippen LogP contribution >= 0.6 is 0 Å². The molecule has 11 nitrogen and oxygen atoms in total. The number of anilines is 1. The first-order valence-electron chi connectivity index (χ1n) is 20.8. The van der Waals surface area contributed by atoms with Crippen LogP contribution in [0.4, 0.5) is 5.69 Å². The zero-order valence-corrected chi connectivity index (χ0v) is 32.6. The number of ketones is 3. The van der Waals surface area contributed by atoms with Gasteiger partial charge in [-0.3, -0.25) is 28.9 Å². The molecule has 0 bridgehead atoms. The predicted octanol–water partition coefficient (Wildman–Crippen LogP) is 6.32. The van der Waals surface area contributed by atoms with Gasteiger partial charge in [0.25, 0.3) is 11.1 Å². The second kappa shape index (κ2) is 19.1. The molecule has 0 aliphatic carbocycles. The van der Waals surface area contributed by atoms with E-state index in [-0.39, 0.29) is 49.4 Å². The van der Waals surface area contributed by atoms with Gasteiger partial charge in [0.05, 0.1) is 0 Å². The molecule has 3 aromatic heterocycles. The van der Waals surface area contributed by atoms with E-state index >= 15 is 0 Å². The summed E-state index contributed by atoms with van der Waals surface area (Å²) in [5.74, 6) is 1.98.